The second kappa shape index (κ2) is 8.31. The Bertz CT molecular complexity index is 1260. The fraction of sp³-hybridized carbons (Fsp3) is 0.174. The van der Waals surface area contributed by atoms with Crippen molar-refractivity contribution in [2.45, 2.75) is 13.5 Å². The van der Waals surface area contributed by atoms with Crippen molar-refractivity contribution >= 4 is 33.4 Å². The molecule has 6 nitrogen and oxygen atoms in total. The van der Waals surface area contributed by atoms with Crippen LogP contribution in [0.4, 0.5) is 4.39 Å². The van der Waals surface area contributed by atoms with Crippen LogP contribution < -0.4 is 5.32 Å². The van der Waals surface area contributed by atoms with Crippen molar-refractivity contribution in [3.05, 3.63) is 82.1 Å². The van der Waals surface area contributed by atoms with Crippen LogP contribution in [0.5, 0.6) is 0 Å². The van der Waals surface area contributed by atoms with Crippen LogP contribution in [0.1, 0.15) is 31.3 Å². The topological polar surface area (TPSA) is 67.2 Å². The number of aromatic nitrogens is 2. The van der Waals surface area contributed by atoms with Crippen LogP contribution >= 0.6 is 11.3 Å². The number of amides is 2. The van der Waals surface area contributed by atoms with Crippen molar-refractivity contribution in [1.82, 2.24) is 20.0 Å². The van der Waals surface area contributed by atoms with Gasteiger partial charge < -0.3 is 10.2 Å². The molecular formula is C23H21FN4O2S. The molecule has 2 amide bonds. The lowest BCUT2D eigenvalue weighted by atomic mass is 10.1. The van der Waals surface area contributed by atoms with Gasteiger partial charge in [-0.25, -0.2) is 9.07 Å². The van der Waals surface area contributed by atoms with Crippen LogP contribution in [-0.4, -0.2) is 40.6 Å². The maximum Gasteiger partial charge on any atom is 0.261 e. The predicted octanol–water partition coefficient (Wildman–Crippen LogP) is 4.17. The number of nitrogens with one attached hydrogen (secondary N) is 1. The molecule has 0 spiro atoms. The highest BCUT2D eigenvalue weighted by Crippen LogP contribution is 2.30. The second-order valence-electron chi connectivity index (χ2n) is 7.38. The van der Waals surface area contributed by atoms with Crippen LogP contribution in [0.3, 0.4) is 0 Å². The highest BCUT2D eigenvalue weighted by molar-refractivity contribution is 7.20. The molecular weight excluding hydrogens is 415 g/mol. The molecule has 2 aromatic carbocycles. The summed E-state index contributed by atoms with van der Waals surface area (Å²) in [4.78, 5) is 27.6. The van der Waals surface area contributed by atoms with Gasteiger partial charge in [0, 0.05) is 31.6 Å². The standard InChI is InChI=1S/C23H21FN4O2S/c1-14-19-12-20(31-23(19)28(26-14)18-10-8-17(24)9-11-18)21(29)25-13-15-4-6-16(7-5-15)22(30)27(2)3/h4-12H,13H2,1-3H3,(H,25,29). The van der Waals surface area contributed by atoms with E-state index in [1.165, 1.54) is 28.4 Å². The maximum atomic E-state index is 13.3. The minimum atomic E-state index is -0.311. The molecule has 0 aliphatic carbocycles. The quantitative estimate of drug-likeness (QED) is 0.511. The molecule has 1 N–H and O–H groups in total. The van der Waals surface area contributed by atoms with E-state index in [1.807, 2.05) is 25.1 Å². The number of fused-ring (bicyclic) bond motifs is 1. The first-order chi connectivity index (χ1) is 14.8. The molecule has 2 aromatic heterocycles. The van der Waals surface area contributed by atoms with E-state index in [9.17, 15) is 14.0 Å². The van der Waals surface area contributed by atoms with E-state index in [0.717, 1.165) is 27.2 Å². The second-order valence-corrected chi connectivity index (χ2v) is 8.41. The minimum absolute atomic E-state index is 0.0635. The third-order valence-corrected chi connectivity index (χ3v) is 6.01. The van der Waals surface area contributed by atoms with Crippen molar-refractivity contribution in [3.63, 3.8) is 0 Å². The van der Waals surface area contributed by atoms with E-state index in [-0.39, 0.29) is 17.6 Å². The predicted molar refractivity (Wildman–Crippen MR) is 119 cm³/mol. The number of carbonyl (C=O) groups is 2. The Hall–Kier alpha value is -3.52. The van der Waals surface area contributed by atoms with Gasteiger partial charge in [-0.3, -0.25) is 9.59 Å². The average Bonchev–Trinajstić information content (AvgIpc) is 3.33. The van der Waals surface area contributed by atoms with E-state index >= 15 is 0 Å². The smallest absolute Gasteiger partial charge is 0.261 e. The summed E-state index contributed by atoms with van der Waals surface area (Å²) in [6, 6.07) is 15.1. The average molecular weight is 437 g/mol. The third-order valence-electron chi connectivity index (χ3n) is 4.90. The number of hydrogen-bond donors (Lipinski definition) is 1. The van der Waals surface area contributed by atoms with E-state index in [1.54, 1.807) is 43.0 Å². The summed E-state index contributed by atoms with van der Waals surface area (Å²) in [5.41, 5.74) is 3.04. The number of carbonyl (C=O) groups excluding carboxylic acids is 2. The first kappa shape index (κ1) is 20.7. The lowest BCUT2D eigenvalue weighted by molar-refractivity contribution is 0.0827. The van der Waals surface area contributed by atoms with E-state index in [0.29, 0.717) is 17.0 Å². The lowest BCUT2D eigenvalue weighted by Crippen LogP contribution is -2.23. The fourth-order valence-electron chi connectivity index (χ4n) is 3.21. The van der Waals surface area contributed by atoms with E-state index in [2.05, 4.69) is 10.4 Å². The summed E-state index contributed by atoms with van der Waals surface area (Å²) in [7, 11) is 3.41. The van der Waals surface area contributed by atoms with Crippen molar-refractivity contribution < 1.29 is 14.0 Å². The van der Waals surface area contributed by atoms with Crippen molar-refractivity contribution in [3.8, 4) is 5.69 Å². The zero-order chi connectivity index (χ0) is 22.1. The van der Waals surface area contributed by atoms with Gasteiger partial charge in [-0.1, -0.05) is 12.1 Å². The van der Waals surface area contributed by atoms with Crippen LogP contribution in [0.15, 0.2) is 54.6 Å². The van der Waals surface area contributed by atoms with Gasteiger partial charge in [-0.15, -0.1) is 11.3 Å². The Labute approximate surface area is 182 Å². The third kappa shape index (κ3) is 4.20. The van der Waals surface area contributed by atoms with Crippen molar-refractivity contribution in [2.24, 2.45) is 0 Å². The van der Waals surface area contributed by atoms with Crippen molar-refractivity contribution in [1.29, 1.82) is 0 Å². The largest absolute Gasteiger partial charge is 0.347 e. The van der Waals surface area contributed by atoms with Crippen LogP contribution in [0, 0.1) is 12.7 Å². The molecule has 4 rings (SSSR count). The monoisotopic (exact) mass is 436 g/mol. The highest BCUT2D eigenvalue weighted by atomic mass is 32.1. The SMILES string of the molecule is Cc1nn(-c2ccc(F)cc2)c2sc(C(=O)NCc3ccc(C(=O)N(C)C)cc3)cc12. The summed E-state index contributed by atoms with van der Waals surface area (Å²) < 4.78 is 15.0. The van der Waals surface area contributed by atoms with Crippen LogP contribution in [0.2, 0.25) is 0 Å². The summed E-state index contributed by atoms with van der Waals surface area (Å²) in [5.74, 6) is -0.555. The molecule has 0 aliphatic heterocycles. The molecule has 8 heteroatoms. The molecule has 0 radical (unpaired) electrons. The Morgan fingerprint density at radius 2 is 1.77 bits per heavy atom. The Morgan fingerprint density at radius 3 is 2.42 bits per heavy atom. The molecule has 0 atom stereocenters. The zero-order valence-electron chi connectivity index (χ0n) is 17.3. The van der Waals surface area contributed by atoms with Crippen LogP contribution in [-0.2, 0) is 6.54 Å². The number of nitrogens with zero attached hydrogens (tertiary/aromatic N) is 3. The number of aryl methyl sites for hydroxylation is 1. The Morgan fingerprint density at radius 1 is 1.10 bits per heavy atom. The number of benzene rings is 2. The summed E-state index contributed by atoms with van der Waals surface area (Å²) >= 11 is 1.34. The summed E-state index contributed by atoms with van der Waals surface area (Å²) in [5, 5.41) is 8.34. The van der Waals surface area contributed by atoms with Gasteiger partial charge >= 0.3 is 0 Å². The summed E-state index contributed by atoms with van der Waals surface area (Å²) in [6.45, 7) is 2.24. The number of halogens is 1. The fourth-order valence-corrected chi connectivity index (χ4v) is 4.31. The number of thiophene rings is 1. The van der Waals surface area contributed by atoms with Gasteiger partial charge in [0.05, 0.1) is 16.3 Å². The van der Waals surface area contributed by atoms with Crippen LogP contribution in [0.25, 0.3) is 15.9 Å². The van der Waals surface area contributed by atoms with Gasteiger partial charge in [0.1, 0.15) is 10.6 Å². The molecule has 158 valence electrons. The number of hydrogen-bond acceptors (Lipinski definition) is 4. The molecule has 0 saturated carbocycles. The van der Waals surface area contributed by atoms with Gasteiger partial charge in [0.15, 0.2) is 0 Å². The van der Waals surface area contributed by atoms with Gasteiger partial charge in [0.2, 0.25) is 0 Å². The van der Waals surface area contributed by atoms with Gasteiger partial charge in [-0.05, 0) is 55.0 Å². The van der Waals surface area contributed by atoms with E-state index < -0.39 is 0 Å². The normalized spacial score (nSPS) is 11.0. The van der Waals surface area contributed by atoms with E-state index in [4.69, 9.17) is 0 Å². The molecule has 0 saturated heterocycles. The molecule has 0 aliphatic rings. The molecule has 4 aromatic rings. The first-order valence-electron chi connectivity index (χ1n) is 9.67. The minimum Gasteiger partial charge on any atom is -0.347 e. The molecule has 0 bridgehead atoms. The maximum absolute atomic E-state index is 13.3. The van der Waals surface area contributed by atoms with Gasteiger partial charge in [-0.2, -0.15) is 5.10 Å². The zero-order valence-corrected chi connectivity index (χ0v) is 18.2. The highest BCUT2D eigenvalue weighted by Gasteiger charge is 2.17. The summed E-state index contributed by atoms with van der Waals surface area (Å²) in [6.07, 6.45) is 0. The Balaban J connectivity index is 1.50. The van der Waals surface area contributed by atoms with Crippen molar-refractivity contribution in [2.75, 3.05) is 14.1 Å². The Kier molecular flexibility index (Phi) is 5.56. The number of rotatable bonds is 5. The lowest BCUT2D eigenvalue weighted by Gasteiger charge is -2.10. The molecule has 31 heavy (non-hydrogen) atoms. The molecule has 0 unspecified atom stereocenters. The first-order valence-corrected chi connectivity index (χ1v) is 10.5. The molecule has 2 heterocycles. The van der Waals surface area contributed by atoms with Gasteiger partial charge in [0.25, 0.3) is 11.8 Å². The molecule has 0 fully saturated rings.